The third kappa shape index (κ3) is 5.89. The van der Waals surface area contributed by atoms with Crippen molar-refractivity contribution in [3.05, 3.63) is 99.6 Å². The molecule has 0 fully saturated rings. The molecular formula is C23H21N3O5. The number of nitro groups is 1. The molecule has 8 heteroatoms. The number of hydrogen-bond donors (Lipinski definition) is 2. The molecule has 0 aliphatic rings. The lowest BCUT2D eigenvalue weighted by atomic mass is 10.0. The Morgan fingerprint density at radius 2 is 1.77 bits per heavy atom. The van der Waals surface area contributed by atoms with Gasteiger partial charge in [-0.3, -0.25) is 19.7 Å². The van der Waals surface area contributed by atoms with E-state index in [1.807, 2.05) is 36.4 Å². The number of non-ortho nitro benzene ring substituents is 1. The van der Waals surface area contributed by atoms with Crippen molar-refractivity contribution in [2.75, 3.05) is 19.0 Å². The fourth-order valence-electron chi connectivity index (χ4n) is 3.04. The standard InChI is InChI=1S/C23H21N3O5/c1-31-21-11-10-19(13-18(21)12-16-6-3-2-4-7-16)25-22(27)15-24-23(28)17-8-5-9-20(14-17)26(29)30/h2-11,13-14H,12,15H2,1H3,(H,24,28)(H,25,27). The van der Waals surface area contributed by atoms with Gasteiger partial charge in [0, 0.05) is 35.4 Å². The minimum absolute atomic E-state index is 0.108. The van der Waals surface area contributed by atoms with Gasteiger partial charge in [0.2, 0.25) is 5.91 Å². The topological polar surface area (TPSA) is 111 Å². The van der Waals surface area contributed by atoms with Crippen LogP contribution in [0.5, 0.6) is 5.75 Å². The maximum absolute atomic E-state index is 12.3. The Labute approximate surface area is 179 Å². The van der Waals surface area contributed by atoms with Crippen molar-refractivity contribution in [3.8, 4) is 5.75 Å². The largest absolute Gasteiger partial charge is 0.496 e. The zero-order valence-corrected chi connectivity index (χ0v) is 16.8. The minimum Gasteiger partial charge on any atom is -0.496 e. The van der Waals surface area contributed by atoms with Gasteiger partial charge in [0.15, 0.2) is 0 Å². The van der Waals surface area contributed by atoms with Gasteiger partial charge >= 0.3 is 0 Å². The van der Waals surface area contributed by atoms with Gasteiger partial charge in [-0.05, 0) is 29.8 Å². The number of benzene rings is 3. The normalized spacial score (nSPS) is 10.2. The van der Waals surface area contributed by atoms with Crippen LogP contribution in [0.1, 0.15) is 21.5 Å². The van der Waals surface area contributed by atoms with E-state index < -0.39 is 16.7 Å². The van der Waals surface area contributed by atoms with Gasteiger partial charge in [0.25, 0.3) is 11.6 Å². The zero-order chi connectivity index (χ0) is 22.2. The predicted molar refractivity (Wildman–Crippen MR) is 116 cm³/mol. The highest BCUT2D eigenvalue weighted by Crippen LogP contribution is 2.25. The number of nitrogens with zero attached hydrogens (tertiary/aromatic N) is 1. The third-order valence-corrected chi connectivity index (χ3v) is 4.53. The van der Waals surface area contributed by atoms with Crippen LogP contribution >= 0.6 is 0 Å². The fourth-order valence-corrected chi connectivity index (χ4v) is 3.04. The molecule has 3 aromatic rings. The molecule has 0 bridgehead atoms. The highest BCUT2D eigenvalue weighted by molar-refractivity contribution is 5.99. The molecule has 0 spiro atoms. The van der Waals surface area contributed by atoms with E-state index in [-0.39, 0.29) is 17.8 Å². The van der Waals surface area contributed by atoms with Crippen LogP contribution in [0.2, 0.25) is 0 Å². The highest BCUT2D eigenvalue weighted by atomic mass is 16.6. The molecule has 8 nitrogen and oxygen atoms in total. The van der Waals surface area contributed by atoms with E-state index in [9.17, 15) is 19.7 Å². The molecule has 0 aromatic heterocycles. The monoisotopic (exact) mass is 419 g/mol. The van der Waals surface area contributed by atoms with Crippen molar-refractivity contribution < 1.29 is 19.2 Å². The predicted octanol–water partition coefficient (Wildman–Crippen LogP) is 3.56. The molecule has 0 saturated carbocycles. The van der Waals surface area contributed by atoms with Crippen LogP contribution in [0.3, 0.4) is 0 Å². The molecular weight excluding hydrogens is 398 g/mol. The van der Waals surface area contributed by atoms with Gasteiger partial charge in [-0.2, -0.15) is 0 Å². The highest BCUT2D eigenvalue weighted by Gasteiger charge is 2.13. The van der Waals surface area contributed by atoms with Gasteiger partial charge in [-0.1, -0.05) is 36.4 Å². The van der Waals surface area contributed by atoms with E-state index >= 15 is 0 Å². The summed E-state index contributed by atoms with van der Waals surface area (Å²) < 4.78 is 5.41. The number of methoxy groups -OCH3 is 1. The quantitative estimate of drug-likeness (QED) is 0.428. The lowest BCUT2D eigenvalue weighted by molar-refractivity contribution is -0.384. The molecule has 2 amide bonds. The summed E-state index contributed by atoms with van der Waals surface area (Å²) in [5.41, 5.74) is 2.50. The van der Waals surface area contributed by atoms with Gasteiger partial charge in [-0.15, -0.1) is 0 Å². The van der Waals surface area contributed by atoms with E-state index in [0.717, 1.165) is 17.2 Å². The van der Waals surface area contributed by atoms with Crippen LogP contribution < -0.4 is 15.4 Å². The molecule has 0 heterocycles. The summed E-state index contributed by atoms with van der Waals surface area (Å²) in [4.78, 5) is 34.7. The fraction of sp³-hybridized carbons (Fsp3) is 0.130. The van der Waals surface area contributed by atoms with E-state index in [4.69, 9.17) is 4.74 Å². The second-order valence-corrected chi connectivity index (χ2v) is 6.73. The van der Waals surface area contributed by atoms with E-state index in [0.29, 0.717) is 17.9 Å². The van der Waals surface area contributed by atoms with Crippen LogP contribution in [0.15, 0.2) is 72.8 Å². The Morgan fingerprint density at radius 1 is 1.00 bits per heavy atom. The Kier molecular flexibility index (Phi) is 6.95. The first-order valence-corrected chi connectivity index (χ1v) is 9.49. The number of carbonyl (C=O) groups is 2. The first-order chi connectivity index (χ1) is 15.0. The number of anilines is 1. The van der Waals surface area contributed by atoms with Crippen molar-refractivity contribution >= 4 is 23.2 Å². The van der Waals surface area contributed by atoms with Crippen molar-refractivity contribution in [2.45, 2.75) is 6.42 Å². The first-order valence-electron chi connectivity index (χ1n) is 9.49. The lowest BCUT2D eigenvalue weighted by Crippen LogP contribution is -2.32. The number of ether oxygens (including phenoxy) is 1. The molecule has 3 rings (SSSR count). The lowest BCUT2D eigenvalue weighted by Gasteiger charge is -2.12. The average Bonchev–Trinajstić information content (AvgIpc) is 2.78. The number of carbonyl (C=O) groups excluding carboxylic acids is 2. The molecule has 0 unspecified atom stereocenters. The van der Waals surface area contributed by atoms with Gasteiger partial charge in [0.05, 0.1) is 18.6 Å². The number of nitro benzene ring substituents is 1. The van der Waals surface area contributed by atoms with Gasteiger partial charge in [0.1, 0.15) is 5.75 Å². The minimum atomic E-state index is -0.583. The molecule has 0 aliphatic carbocycles. The molecule has 2 N–H and O–H groups in total. The SMILES string of the molecule is COc1ccc(NC(=O)CNC(=O)c2cccc([N+](=O)[O-])c2)cc1Cc1ccccc1. The van der Waals surface area contributed by atoms with Crippen molar-refractivity contribution in [3.63, 3.8) is 0 Å². The summed E-state index contributed by atoms with van der Waals surface area (Å²) in [5, 5.41) is 16.0. The number of amides is 2. The summed E-state index contributed by atoms with van der Waals surface area (Å²) in [6.45, 7) is -0.276. The van der Waals surface area contributed by atoms with E-state index in [1.165, 1.54) is 18.2 Å². The Bertz CT molecular complexity index is 1100. The Hall–Kier alpha value is -4.20. The molecule has 31 heavy (non-hydrogen) atoms. The molecule has 0 atom stereocenters. The number of rotatable bonds is 8. The summed E-state index contributed by atoms with van der Waals surface area (Å²) >= 11 is 0. The molecule has 0 aliphatic heterocycles. The summed E-state index contributed by atoms with van der Waals surface area (Å²) in [5.74, 6) is -0.284. The van der Waals surface area contributed by atoms with Gasteiger partial charge in [-0.25, -0.2) is 0 Å². The average molecular weight is 419 g/mol. The number of nitrogens with one attached hydrogen (secondary N) is 2. The van der Waals surface area contributed by atoms with Gasteiger partial charge < -0.3 is 15.4 Å². The summed E-state index contributed by atoms with van der Waals surface area (Å²) in [7, 11) is 1.59. The van der Waals surface area contributed by atoms with Crippen LogP contribution in [0, 0.1) is 10.1 Å². The molecule has 0 saturated heterocycles. The summed E-state index contributed by atoms with van der Waals surface area (Å²) in [6, 6.07) is 20.5. The maximum Gasteiger partial charge on any atom is 0.270 e. The van der Waals surface area contributed by atoms with Crippen molar-refractivity contribution in [2.24, 2.45) is 0 Å². The third-order valence-electron chi connectivity index (χ3n) is 4.53. The Morgan fingerprint density at radius 3 is 2.48 bits per heavy atom. The molecule has 3 aromatic carbocycles. The van der Waals surface area contributed by atoms with E-state index in [2.05, 4.69) is 10.6 Å². The van der Waals surface area contributed by atoms with Crippen LogP contribution in [0.25, 0.3) is 0 Å². The first kappa shape index (κ1) is 21.5. The molecule has 158 valence electrons. The number of hydrogen-bond acceptors (Lipinski definition) is 5. The molecule has 0 radical (unpaired) electrons. The van der Waals surface area contributed by atoms with Crippen molar-refractivity contribution in [1.82, 2.24) is 5.32 Å². The second kappa shape index (κ2) is 10.0. The van der Waals surface area contributed by atoms with E-state index in [1.54, 1.807) is 19.2 Å². The van der Waals surface area contributed by atoms with Crippen LogP contribution in [0.4, 0.5) is 11.4 Å². The van der Waals surface area contributed by atoms with Crippen molar-refractivity contribution in [1.29, 1.82) is 0 Å². The summed E-state index contributed by atoms with van der Waals surface area (Å²) in [6.07, 6.45) is 0.636. The van der Waals surface area contributed by atoms with Crippen LogP contribution in [-0.2, 0) is 11.2 Å². The maximum atomic E-state index is 12.3. The zero-order valence-electron chi connectivity index (χ0n) is 16.8. The second-order valence-electron chi connectivity index (χ2n) is 6.73. The smallest absolute Gasteiger partial charge is 0.270 e. The van der Waals surface area contributed by atoms with Crippen LogP contribution in [-0.4, -0.2) is 30.4 Å². The Balaban J connectivity index is 1.62.